The summed E-state index contributed by atoms with van der Waals surface area (Å²) in [4.78, 5) is 21.2. The van der Waals surface area contributed by atoms with E-state index in [2.05, 4.69) is 5.32 Å². The number of ether oxygens (including phenoxy) is 3. The number of esters is 1. The summed E-state index contributed by atoms with van der Waals surface area (Å²) in [6, 6.07) is 0. The Hall–Kier alpha value is -1.14. The Labute approximate surface area is 101 Å². The van der Waals surface area contributed by atoms with Gasteiger partial charge in [0.25, 0.3) is 0 Å². The van der Waals surface area contributed by atoms with Crippen molar-refractivity contribution in [3.05, 3.63) is 0 Å². The zero-order valence-corrected chi connectivity index (χ0v) is 9.85. The Morgan fingerprint density at radius 3 is 2.76 bits per heavy atom. The minimum Gasteiger partial charge on any atom is -0.460 e. The predicted octanol–water partition coefficient (Wildman–Crippen LogP) is 0.209. The zero-order valence-electron chi connectivity index (χ0n) is 9.85. The molecule has 17 heavy (non-hydrogen) atoms. The van der Waals surface area contributed by atoms with Crippen molar-refractivity contribution in [3.63, 3.8) is 0 Å². The number of unbranched alkanes of at least 4 members (excludes halogenated alkanes) is 2. The molecule has 0 atom stereocenters. The summed E-state index contributed by atoms with van der Waals surface area (Å²) in [5.41, 5.74) is 0. The molecule has 0 bridgehead atoms. The normalized spacial score (nSPS) is 15.8. The highest BCUT2D eigenvalue weighted by atomic mass is 16.7. The molecule has 1 rings (SSSR count). The van der Waals surface area contributed by atoms with Crippen molar-refractivity contribution in [1.29, 1.82) is 0 Å². The lowest BCUT2D eigenvalue weighted by molar-refractivity contribution is -0.155. The van der Waals surface area contributed by atoms with Crippen LogP contribution in [0.25, 0.3) is 0 Å². The van der Waals surface area contributed by atoms with Crippen LogP contribution in [-0.2, 0) is 23.8 Å². The minimum absolute atomic E-state index is 0.172. The van der Waals surface area contributed by atoms with E-state index in [0.717, 1.165) is 19.3 Å². The molecule has 1 heterocycles. The molecule has 6 nitrogen and oxygen atoms in total. The lowest BCUT2D eigenvalue weighted by Gasteiger charge is -2.09. The number of hydrogen-bond acceptors (Lipinski definition) is 5. The maximum Gasteiger partial charge on any atom is 0.305 e. The van der Waals surface area contributed by atoms with Crippen LogP contribution in [0.5, 0.6) is 0 Å². The number of hydrogen-bond donors (Lipinski definition) is 1. The second-order valence-electron chi connectivity index (χ2n) is 3.74. The number of rotatable bonds is 9. The van der Waals surface area contributed by atoms with Crippen molar-refractivity contribution in [2.24, 2.45) is 0 Å². The van der Waals surface area contributed by atoms with Gasteiger partial charge in [-0.05, 0) is 12.8 Å². The van der Waals surface area contributed by atoms with Gasteiger partial charge in [-0.2, -0.15) is 0 Å². The third-order valence-corrected chi connectivity index (χ3v) is 2.36. The summed E-state index contributed by atoms with van der Waals surface area (Å²) in [6.45, 7) is 1.95. The van der Waals surface area contributed by atoms with E-state index in [1.54, 1.807) is 0 Å². The molecule has 1 saturated heterocycles. The summed E-state index contributed by atoms with van der Waals surface area (Å²) >= 11 is 0. The van der Waals surface area contributed by atoms with Crippen LogP contribution < -0.4 is 5.32 Å². The molecule has 0 radical (unpaired) electrons. The fraction of sp³-hybridized carbons (Fsp3) is 0.818. The monoisotopic (exact) mass is 245 g/mol. The van der Waals surface area contributed by atoms with Crippen molar-refractivity contribution in [1.82, 2.24) is 5.32 Å². The van der Waals surface area contributed by atoms with E-state index >= 15 is 0 Å². The summed E-state index contributed by atoms with van der Waals surface area (Å²) in [5, 5.41) is 2.57. The maximum absolute atomic E-state index is 11.3. The van der Waals surface area contributed by atoms with Crippen LogP contribution in [0.4, 0.5) is 0 Å². The first-order valence-corrected chi connectivity index (χ1v) is 5.89. The molecular weight excluding hydrogens is 226 g/mol. The maximum atomic E-state index is 11.3. The molecular formula is C11H19NO5. The highest BCUT2D eigenvalue weighted by Gasteiger charge is 2.17. The standard InChI is InChI=1S/C11H19NO5/c13-9-12-5-3-1-2-4-10(14)17-8-11-15-6-7-16-11/h9,11H,1-8H2,(H,12,13). The van der Waals surface area contributed by atoms with Crippen molar-refractivity contribution in [2.75, 3.05) is 26.4 Å². The van der Waals surface area contributed by atoms with E-state index in [-0.39, 0.29) is 12.6 Å². The largest absolute Gasteiger partial charge is 0.460 e. The average Bonchev–Trinajstić information content (AvgIpc) is 2.84. The van der Waals surface area contributed by atoms with Gasteiger partial charge in [0, 0.05) is 13.0 Å². The Balaban J connectivity index is 1.88. The van der Waals surface area contributed by atoms with Crippen LogP contribution in [0.1, 0.15) is 25.7 Å². The van der Waals surface area contributed by atoms with Crippen LogP contribution in [0.15, 0.2) is 0 Å². The Kier molecular flexibility index (Phi) is 7.33. The van der Waals surface area contributed by atoms with Gasteiger partial charge in [0.15, 0.2) is 6.29 Å². The van der Waals surface area contributed by atoms with Gasteiger partial charge in [0.05, 0.1) is 13.2 Å². The molecule has 0 spiro atoms. The van der Waals surface area contributed by atoms with Crippen molar-refractivity contribution in [2.45, 2.75) is 32.0 Å². The smallest absolute Gasteiger partial charge is 0.305 e. The Morgan fingerprint density at radius 2 is 2.06 bits per heavy atom. The first-order chi connectivity index (χ1) is 8.33. The SMILES string of the molecule is O=CNCCCCCC(=O)OCC1OCCO1. The van der Waals surface area contributed by atoms with Gasteiger partial charge in [0.2, 0.25) is 6.41 Å². The fourth-order valence-corrected chi connectivity index (χ4v) is 1.47. The topological polar surface area (TPSA) is 73.9 Å². The lowest BCUT2D eigenvalue weighted by Crippen LogP contribution is -2.19. The van der Waals surface area contributed by atoms with Crippen molar-refractivity contribution >= 4 is 12.4 Å². The summed E-state index contributed by atoms with van der Waals surface area (Å²) < 4.78 is 15.3. The van der Waals surface area contributed by atoms with Crippen LogP contribution in [-0.4, -0.2) is 45.0 Å². The van der Waals surface area contributed by atoms with Crippen LogP contribution in [0.3, 0.4) is 0 Å². The van der Waals surface area contributed by atoms with E-state index < -0.39 is 6.29 Å². The molecule has 1 fully saturated rings. The Bertz CT molecular complexity index is 228. The van der Waals surface area contributed by atoms with Crippen LogP contribution in [0, 0.1) is 0 Å². The third kappa shape index (κ3) is 6.91. The summed E-state index contributed by atoms with van der Waals surface area (Å²) in [6.07, 6.45) is 3.22. The van der Waals surface area contributed by atoms with Crippen LogP contribution >= 0.6 is 0 Å². The molecule has 0 aromatic carbocycles. The van der Waals surface area contributed by atoms with Gasteiger partial charge in [-0.3, -0.25) is 9.59 Å². The van der Waals surface area contributed by atoms with E-state index in [9.17, 15) is 9.59 Å². The van der Waals surface area contributed by atoms with E-state index in [1.807, 2.05) is 0 Å². The molecule has 6 heteroatoms. The molecule has 1 N–H and O–H groups in total. The highest BCUT2D eigenvalue weighted by Crippen LogP contribution is 2.06. The molecule has 98 valence electrons. The first-order valence-electron chi connectivity index (χ1n) is 5.89. The second-order valence-corrected chi connectivity index (χ2v) is 3.74. The van der Waals surface area contributed by atoms with Gasteiger partial charge in [-0.15, -0.1) is 0 Å². The van der Waals surface area contributed by atoms with Gasteiger partial charge in [-0.25, -0.2) is 0 Å². The molecule has 1 aliphatic rings. The van der Waals surface area contributed by atoms with E-state index in [4.69, 9.17) is 14.2 Å². The second kappa shape index (κ2) is 8.95. The third-order valence-electron chi connectivity index (χ3n) is 2.36. The molecule has 0 saturated carbocycles. The van der Waals surface area contributed by atoms with Gasteiger partial charge in [-0.1, -0.05) is 6.42 Å². The summed E-state index contributed by atoms with van der Waals surface area (Å²) in [5.74, 6) is -0.229. The number of nitrogens with one attached hydrogen (secondary N) is 1. The lowest BCUT2D eigenvalue weighted by atomic mass is 10.2. The quantitative estimate of drug-likeness (QED) is 0.357. The number of carbonyl (C=O) groups is 2. The minimum atomic E-state index is -0.393. The molecule has 0 aliphatic carbocycles. The first kappa shape index (κ1) is 13.9. The molecule has 0 unspecified atom stereocenters. The molecule has 0 aromatic rings. The highest BCUT2D eigenvalue weighted by molar-refractivity contribution is 5.69. The fourth-order valence-electron chi connectivity index (χ4n) is 1.47. The van der Waals surface area contributed by atoms with Crippen molar-refractivity contribution < 1.29 is 23.8 Å². The van der Waals surface area contributed by atoms with E-state index in [1.165, 1.54) is 0 Å². The van der Waals surface area contributed by atoms with Crippen LogP contribution in [0.2, 0.25) is 0 Å². The van der Waals surface area contributed by atoms with Gasteiger partial charge in [0.1, 0.15) is 6.61 Å². The Morgan fingerprint density at radius 1 is 1.29 bits per heavy atom. The zero-order chi connectivity index (χ0) is 12.3. The number of carbonyl (C=O) groups excluding carboxylic acids is 2. The molecule has 1 amide bonds. The number of amides is 1. The average molecular weight is 245 g/mol. The molecule has 1 aliphatic heterocycles. The summed E-state index contributed by atoms with van der Waals surface area (Å²) in [7, 11) is 0. The van der Waals surface area contributed by atoms with Gasteiger partial charge >= 0.3 is 5.97 Å². The van der Waals surface area contributed by atoms with E-state index in [0.29, 0.717) is 32.6 Å². The van der Waals surface area contributed by atoms with Crippen molar-refractivity contribution in [3.8, 4) is 0 Å². The van der Waals surface area contributed by atoms with Gasteiger partial charge < -0.3 is 19.5 Å². The predicted molar refractivity (Wildman–Crippen MR) is 59.2 cm³/mol. The molecule has 0 aromatic heterocycles.